The van der Waals surface area contributed by atoms with Crippen molar-refractivity contribution in [3.63, 3.8) is 0 Å². The van der Waals surface area contributed by atoms with E-state index in [0.717, 1.165) is 78.0 Å². The minimum absolute atomic E-state index is 0.322. The second-order valence-corrected chi connectivity index (χ2v) is 21.9. The van der Waals surface area contributed by atoms with Crippen molar-refractivity contribution >= 4 is 154 Å². The summed E-state index contributed by atoms with van der Waals surface area (Å²) in [6.07, 6.45) is 0. The monoisotopic (exact) mass is 1000 g/mol. The molecule has 0 aliphatic heterocycles. The fourth-order valence-corrected chi connectivity index (χ4v) is 13.8. The van der Waals surface area contributed by atoms with Crippen LogP contribution in [0, 0.1) is 0 Å². The first-order valence-corrected chi connectivity index (χ1v) is 27.3. The number of hydrogen-bond donors (Lipinski definition) is 0. The Kier molecular flexibility index (Phi) is 8.85. The lowest BCUT2D eigenvalue weighted by Gasteiger charge is -2.26. The summed E-state index contributed by atoms with van der Waals surface area (Å²) in [4.78, 5) is 4.82. The third kappa shape index (κ3) is 5.70. The molecule has 6 heterocycles. The van der Waals surface area contributed by atoms with E-state index in [1.807, 2.05) is 0 Å². The summed E-state index contributed by atoms with van der Waals surface area (Å²) in [7, 11) is 0. The van der Waals surface area contributed by atoms with Gasteiger partial charge in [-0.3, -0.25) is 0 Å². The first-order valence-electron chi connectivity index (χ1n) is 27.3. The zero-order chi connectivity index (χ0) is 51.7. The zero-order valence-electron chi connectivity index (χ0n) is 43.5. The molecule has 17 aromatic rings. The fourth-order valence-electron chi connectivity index (χ4n) is 13.8. The van der Waals surface area contributed by atoms with E-state index in [0.29, 0.717) is 11.8 Å². The first-order chi connectivity index (χ1) is 38.4. The summed E-state index contributed by atoms with van der Waals surface area (Å²) in [6, 6.07) is 80.2. The van der Waals surface area contributed by atoms with Crippen LogP contribution in [0.3, 0.4) is 0 Å². The van der Waals surface area contributed by atoms with Gasteiger partial charge in [-0.1, -0.05) is 173 Å². The van der Waals surface area contributed by atoms with Gasteiger partial charge < -0.3 is 27.4 Å². The molecule has 17 rings (SSSR count). The SMILES string of the molecule is CC(C)c1cccc2c1oc1c(N(c3ccccc3)c3cccc4c3c3cccc5c6cc7c(cc6n4c53)c3cccc4c5c(N(c6ccccc6)c6cccc8c6oc6c(C(C)C)cccc68)cccc5n7c34)cccc12. The van der Waals surface area contributed by atoms with Crippen molar-refractivity contribution in [1.29, 1.82) is 0 Å². The Hall–Kier alpha value is -9.78. The van der Waals surface area contributed by atoms with Gasteiger partial charge in [0.25, 0.3) is 0 Å². The third-order valence-electron chi connectivity index (χ3n) is 17.1. The van der Waals surface area contributed by atoms with E-state index in [1.165, 1.54) is 87.3 Å². The van der Waals surface area contributed by atoms with Crippen LogP contribution in [-0.4, -0.2) is 8.80 Å². The van der Waals surface area contributed by atoms with Gasteiger partial charge in [-0.15, -0.1) is 0 Å². The van der Waals surface area contributed by atoms with E-state index in [2.05, 4.69) is 265 Å². The minimum Gasteiger partial charge on any atom is -0.454 e. The summed E-state index contributed by atoms with van der Waals surface area (Å²) in [5, 5.41) is 14.3. The van der Waals surface area contributed by atoms with Crippen LogP contribution in [-0.2, 0) is 0 Å². The molecule has 0 saturated heterocycles. The lowest BCUT2D eigenvalue weighted by molar-refractivity contribution is 0.657. The molecule has 0 aliphatic rings. The Balaban J connectivity index is 0.904. The third-order valence-corrected chi connectivity index (χ3v) is 17.1. The standard InChI is InChI=1S/C72H50N4O2/c1-41(2)45-23-11-27-49-51-29-15-37-61(71(51)77-69(45)49)73(43-19-7-5-8-20-43)57-33-17-35-59-65(57)53-31-13-25-47-55-40-64-56(39-63(55)75(59)67(47)53)48-26-14-32-54-66-58(34-18-36-60(66)76(64)68(48)54)74(44-21-9-6-10-22-44)62-38-16-30-52-50-28-12-24-46(42(3)4)70(50)78-72(52)62/h5-42H,1-4H3. The number of anilines is 6. The molecular weight excluding hydrogens is 953 g/mol. The second-order valence-electron chi connectivity index (χ2n) is 21.9. The van der Waals surface area contributed by atoms with Gasteiger partial charge in [0, 0.05) is 76.0 Å². The number of aromatic nitrogens is 2. The van der Waals surface area contributed by atoms with Gasteiger partial charge in [-0.25, -0.2) is 0 Å². The molecule has 0 N–H and O–H groups in total. The minimum atomic E-state index is 0.322. The summed E-state index contributed by atoms with van der Waals surface area (Å²) >= 11 is 0. The quantitative estimate of drug-likeness (QED) is 0.152. The van der Waals surface area contributed by atoms with Gasteiger partial charge in [0.05, 0.1) is 55.8 Å². The predicted octanol–water partition coefficient (Wildman–Crippen LogP) is 21.0. The smallest absolute Gasteiger partial charge is 0.159 e. The molecule has 0 fully saturated rings. The second kappa shape index (κ2) is 15.9. The van der Waals surface area contributed by atoms with E-state index < -0.39 is 0 Å². The molecule has 0 bridgehead atoms. The lowest BCUT2D eigenvalue weighted by Crippen LogP contribution is -2.10. The average Bonchev–Trinajstić information content (AvgIpc) is 3.93. The Morgan fingerprint density at radius 2 is 0.641 bits per heavy atom. The van der Waals surface area contributed by atoms with Gasteiger partial charge >= 0.3 is 0 Å². The molecule has 0 atom stereocenters. The molecule has 6 heteroatoms. The molecule has 0 radical (unpaired) electrons. The maximum absolute atomic E-state index is 7.03. The number of fused-ring (bicyclic) bond motifs is 18. The summed E-state index contributed by atoms with van der Waals surface area (Å²) in [5.41, 5.74) is 19.7. The average molecular weight is 1000 g/mol. The molecule has 0 amide bonds. The maximum Gasteiger partial charge on any atom is 0.159 e. The number of benzene rings is 11. The molecule has 6 aromatic heterocycles. The molecule has 0 unspecified atom stereocenters. The van der Waals surface area contributed by atoms with Crippen molar-refractivity contribution in [2.75, 3.05) is 9.80 Å². The molecule has 0 spiro atoms. The van der Waals surface area contributed by atoms with Gasteiger partial charge in [-0.2, -0.15) is 0 Å². The van der Waals surface area contributed by atoms with E-state index in [4.69, 9.17) is 8.83 Å². The summed E-state index contributed by atoms with van der Waals surface area (Å²) in [5.74, 6) is 0.644. The molecule has 78 heavy (non-hydrogen) atoms. The van der Waals surface area contributed by atoms with Gasteiger partial charge in [0.2, 0.25) is 0 Å². The van der Waals surface area contributed by atoms with Crippen LogP contribution in [0.2, 0.25) is 0 Å². The Labute approximate surface area is 448 Å². The predicted molar refractivity (Wildman–Crippen MR) is 328 cm³/mol. The highest BCUT2D eigenvalue weighted by Gasteiger charge is 2.29. The van der Waals surface area contributed by atoms with Crippen molar-refractivity contribution in [3.8, 4) is 0 Å². The normalized spacial score (nSPS) is 12.6. The number of nitrogens with zero attached hydrogens (tertiary/aromatic N) is 4. The highest BCUT2D eigenvalue weighted by Crippen LogP contribution is 2.52. The van der Waals surface area contributed by atoms with Crippen LogP contribution in [0.25, 0.3) is 120 Å². The van der Waals surface area contributed by atoms with Crippen molar-refractivity contribution in [2.45, 2.75) is 39.5 Å². The van der Waals surface area contributed by atoms with Crippen molar-refractivity contribution < 1.29 is 8.83 Å². The Morgan fingerprint density at radius 3 is 1.06 bits per heavy atom. The molecule has 370 valence electrons. The van der Waals surface area contributed by atoms with E-state index in [-0.39, 0.29) is 0 Å². The molecule has 11 aromatic carbocycles. The van der Waals surface area contributed by atoms with Gasteiger partial charge in [0.15, 0.2) is 11.2 Å². The fraction of sp³-hybridized carbons (Fsp3) is 0.0833. The van der Waals surface area contributed by atoms with Crippen LogP contribution in [0.4, 0.5) is 34.1 Å². The van der Waals surface area contributed by atoms with E-state index in [9.17, 15) is 0 Å². The molecule has 0 aliphatic carbocycles. The maximum atomic E-state index is 7.03. The molecule has 6 nitrogen and oxygen atoms in total. The lowest BCUT2D eigenvalue weighted by atomic mass is 10.00. The molecule has 0 saturated carbocycles. The van der Waals surface area contributed by atoms with Crippen molar-refractivity contribution in [3.05, 3.63) is 230 Å². The topological polar surface area (TPSA) is 41.6 Å². The van der Waals surface area contributed by atoms with Crippen LogP contribution >= 0.6 is 0 Å². The zero-order valence-corrected chi connectivity index (χ0v) is 43.5. The van der Waals surface area contributed by atoms with Gasteiger partial charge in [0.1, 0.15) is 11.2 Å². The number of hydrogen-bond acceptors (Lipinski definition) is 4. The van der Waals surface area contributed by atoms with Crippen molar-refractivity contribution in [2.24, 2.45) is 0 Å². The van der Waals surface area contributed by atoms with Gasteiger partial charge in [-0.05, 0) is 95.8 Å². The van der Waals surface area contributed by atoms with Crippen LogP contribution in [0.15, 0.2) is 227 Å². The highest BCUT2D eigenvalue weighted by molar-refractivity contribution is 6.31. The van der Waals surface area contributed by atoms with E-state index >= 15 is 0 Å². The number of para-hydroxylation sites is 8. The van der Waals surface area contributed by atoms with Crippen LogP contribution in [0.5, 0.6) is 0 Å². The highest BCUT2D eigenvalue weighted by atomic mass is 16.3. The molecular formula is C72H50N4O2. The first kappa shape index (κ1) is 43.5. The number of furan rings is 2. The number of rotatable bonds is 8. The van der Waals surface area contributed by atoms with Crippen LogP contribution < -0.4 is 9.80 Å². The van der Waals surface area contributed by atoms with Crippen LogP contribution in [0.1, 0.15) is 50.7 Å². The Bertz CT molecular complexity index is 4960. The Morgan fingerprint density at radius 1 is 0.295 bits per heavy atom. The summed E-state index contributed by atoms with van der Waals surface area (Å²) in [6.45, 7) is 8.96. The largest absolute Gasteiger partial charge is 0.454 e. The van der Waals surface area contributed by atoms with Crippen molar-refractivity contribution in [1.82, 2.24) is 8.80 Å². The van der Waals surface area contributed by atoms with E-state index in [1.54, 1.807) is 0 Å². The summed E-state index contributed by atoms with van der Waals surface area (Å²) < 4.78 is 19.1.